The molecule has 0 aliphatic heterocycles. The maximum atomic E-state index is 11.9. The van der Waals surface area contributed by atoms with Crippen LogP contribution in [0.2, 0.25) is 0 Å². The maximum absolute atomic E-state index is 11.9. The summed E-state index contributed by atoms with van der Waals surface area (Å²) in [5.41, 5.74) is 6.87. The minimum absolute atomic E-state index is 0.0677. The van der Waals surface area contributed by atoms with Gasteiger partial charge in [-0.05, 0) is 37.0 Å². The van der Waals surface area contributed by atoms with Crippen LogP contribution in [0.1, 0.15) is 30.1 Å². The number of rotatable bonds is 2. The molecule has 2 rings (SSSR count). The van der Waals surface area contributed by atoms with Gasteiger partial charge < -0.3 is 11.1 Å². The van der Waals surface area contributed by atoms with Gasteiger partial charge in [-0.25, -0.2) is 0 Å². The molecule has 0 heterocycles. The van der Waals surface area contributed by atoms with E-state index in [4.69, 9.17) is 5.73 Å². The standard InChI is InChI=1S/C12H15BrN2O/c1-7-4-9(5-7)15-12(16)10-3-2-8(13)6-11(10)14/h2-3,6-7,9H,4-5,14H2,1H3,(H,15,16). The minimum Gasteiger partial charge on any atom is -0.398 e. The minimum atomic E-state index is -0.0677. The first kappa shape index (κ1) is 11.5. The molecule has 16 heavy (non-hydrogen) atoms. The van der Waals surface area contributed by atoms with Gasteiger partial charge in [-0.15, -0.1) is 0 Å². The van der Waals surface area contributed by atoms with Crippen molar-refractivity contribution in [2.24, 2.45) is 5.92 Å². The maximum Gasteiger partial charge on any atom is 0.253 e. The van der Waals surface area contributed by atoms with Gasteiger partial charge in [0, 0.05) is 16.2 Å². The summed E-state index contributed by atoms with van der Waals surface area (Å²) in [6, 6.07) is 5.65. The Balaban J connectivity index is 2.03. The van der Waals surface area contributed by atoms with Crippen molar-refractivity contribution in [2.45, 2.75) is 25.8 Å². The van der Waals surface area contributed by atoms with E-state index >= 15 is 0 Å². The van der Waals surface area contributed by atoms with Gasteiger partial charge in [-0.2, -0.15) is 0 Å². The van der Waals surface area contributed by atoms with Crippen LogP contribution in [0.3, 0.4) is 0 Å². The first-order valence-electron chi connectivity index (χ1n) is 5.42. The Kier molecular flexibility index (Phi) is 3.19. The van der Waals surface area contributed by atoms with E-state index < -0.39 is 0 Å². The van der Waals surface area contributed by atoms with E-state index in [0.717, 1.165) is 23.2 Å². The molecule has 86 valence electrons. The second-order valence-electron chi connectivity index (χ2n) is 4.48. The lowest BCUT2D eigenvalue weighted by Crippen LogP contribution is -2.43. The fourth-order valence-electron chi connectivity index (χ4n) is 2.02. The Bertz CT molecular complexity index is 413. The normalized spacial score (nSPS) is 23.6. The number of nitrogens with one attached hydrogen (secondary N) is 1. The van der Waals surface area contributed by atoms with Gasteiger partial charge in [0.2, 0.25) is 0 Å². The third-order valence-electron chi connectivity index (χ3n) is 2.97. The molecule has 0 bridgehead atoms. The van der Waals surface area contributed by atoms with Crippen molar-refractivity contribution < 1.29 is 4.79 Å². The Hall–Kier alpha value is -1.03. The highest BCUT2D eigenvalue weighted by molar-refractivity contribution is 9.10. The lowest BCUT2D eigenvalue weighted by Gasteiger charge is -2.33. The quantitative estimate of drug-likeness (QED) is 0.820. The molecule has 1 aromatic rings. The first-order valence-corrected chi connectivity index (χ1v) is 6.21. The molecule has 1 aromatic carbocycles. The SMILES string of the molecule is CC1CC(NC(=O)c2ccc(Br)cc2N)C1. The summed E-state index contributed by atoms with van der Waals surface area (Å²) in [4.78, 5) is 11.9. The van der Waals surface area contributed by atoms with Crippen molar-refractivity contribution in [3.63, 3.8) is 0 Å². The van der Waals surface area contributed by atoms with Gasteiger partial charge in [0.15, 0.2) is 0 Å². The van der Waals surface area contributed by atoms with Gasteiger partial charge in [0.25, 0.3) is 5.91 Å². The molecule has 1 aliphatic carbocycles. The van der Waals surface area contributed by atoms with Crippen LogP contribution >= 0.6 is 15.9 Å². The lowest BCUT2D eigenvalue weighted by atomic mass is 9.82. The molecule has 3 N–H and O–H groups in total. The number of amides is 1. The Morgan fingerprint density at radius 3 is 2.75 bits per heavy atom. The zero-order valence-corrected chi connectivity index (χ0v) is 10.8. The average molecular weight is 283 g/mol. The van der Waals surface area contributed by atoms with Crippen LogP contribution in [0, 0.1) is 5.92 Å². The smallest absolute Gasteiger partial charge is 0.253 e. The monoisotopic (exact) mass is 282 g/mol. The van der Waals surface area contributed by atoms with E-state index in [9.17, 15) is 4.79 Å². The molecule has 1 aliphatic rings. The predicted molar refractivity (Wildman–Crippen MR) is 68.2 cm³/mol. The Morgan fingerprint density at radius 2 is 2.19 bits per heavy atom. The van der Waals surface area contributed by atoms with Crippen LogP contribution in [0.4, 0.5) is 5.69 Å². The van der Waals surface area contributed by atoms with Crippen molar-refractivity contribution in [3.8, 4) is 0 Å². The number of nitrogen functional groups attached to an aromatic ring is 1. The summed E-state index contributed by atoms with van der Waals surface area (Å²) in [5.74, 6) is 0.662. The molecule has 1 amide bonds. The second-order valence-corrected chi connectivity index (χ2v) is 5.39. The summed E-state index contributed by atoms with van der Waals surface area (Å²) in [6.45, 7) is 2.19. The van der Waals surface area contributed by atoms with Crippen LogP contribution in [0.5, 0.6) is 0 Å². The molecule has 0 radical (unpaired) electrons. The predicted octanol–water partition coefficient (Wildman–Crippen LogP) is 2.56. The van der Waals surface area contributed by atoms with E-state index in [1.807, 2.05) is 6.07 Å². The number of nitrogens with two attached hydrogens (primary N) is 1. The summed E-state index contributed by atoms with van der Waals surface area (Å²) >= 11 is 3.32. The van der Waals surface area contributed by atoms with Crippen molar-refractivity contribution >= 4 is 27.5 Å². The van der Waals surface area contributed by atoms with Crippen molar-refractivity contribution in [1.82, 2.24) is 5.32 Å². The van der Waals surface area contributed by atoms with E-state index in [1.54, 1.807) is 12.1 Å². The fourth-order valence-corrected chi connectivity index (χ4v) is 2.40. The van der Waals surface area contributed by atoms with Gasteiger partial charge in [-0.3, -0.25) is 4.79 Å². The largest absolute Gasteiger partial charge is 0.398 e. The lowest BCUT2D eigenvalue weighted by molar-refractivity contribution is 0.0897. The Morgan fingerprint density at radius 1 is 1.50 bits per heavy atom. The van der Waals surface area contributed by atoms with Crippen LogP contribution in [0.15, 0.2) is 22.7 Å². The van der Waals surface area contributed by atoms with Crippen LogP contribution in [0.25, 0.3) is 0 Å². The Labute approximate surface area is 104 Å². The topological polar surface area (TPSA) is 55.1 Å². The van der Waals surface area contributed by atoms with E-state index in [1.165, 1.54) is 0 Å². The molecule has 0 unspecified atom stereocenters. The van der Waals surface area contributed by atoms with E-state index in [0.29, 0.717) is 17.3 Å². The van der Waals surface area contributed by atoms with Crippen molar-refractivity contribution in [2.75, 3.05) is 5.73 Å². The number of anilines is 1. The zero-order chi connectivity index (χ0) is 11.7. The molecule has 1 saturated carbocycles. The summed E-state index contributed by atoms with van der Waals surface area (Å²) in [5, 5.41) is 2.99. The molecule has 0 spiro atoms. The zero-order valence-electron chi connectivity index (χ0n) is 9.16. The van der Waals surface area contributed by atoms with Crippen LogP contribution in [-0.4, -0.2) is 11.9 Å². The van der Waals surface area contributed by atoms with Crippen molar-refractivity contribution in [3.05, 3.63) is 28.2 Å². The van der Waals surface area contributed by atoms with E-state index in [2.05, 4.69) is 28.2 Å². The van der Waals surface area contributed by atoms with Crippen LogP contribution in [-0.2, 0) is 0 Å². The second kappa shape index (κ2) is 4.45. The fraction of sp³-hybridized carbons (Fsp3) is 0.417. The molecule has 0 saturated heterocycles. The summed E-state index contributed by atoms with van der Waals surface area (Å²) in [7, 11) is 0. The summed E-state index contributed by atoms with van der Waals surface area (Å²) < 4.78 is 0.888. The number of hydrogen-bond donors (Lipinski definition) is 2. The highest BCUT2D eigenvalue weighted by Gasteiger charge is 2.27. The number of halogens is 1. The van der Waals surface area contributed by atoms with Crippen LogP contribution < -0.4 is 11.1 Å². The number of carbonyl (C=O) groups is 1. The molecular formula is C12H15BrN2O. The molecule has 1 fully saturated rings. The number of carbonyl (C=O) groups excluding carboxylic acids is 1. The average Bonchev–Trinajstić information content (AvgIpc) is 2.15. The number of hydrogen-bond acceptors (Lipinski definition) is 2. The first-order chi connectivity index (χ1) is 7.56. The molecule has 0 atom stereocenters. The number of benzene rings is 1. The highest BCUT2D eigenvalue weighted by Crippen LogP contribution is 2.27. The molecular weight excluding hydrogens is 268 g/mol. The molecule has 0 aromatic heterocycles. The highest BCUT2D eigenvalue weighted by atomic mass is 79.9. The summed E-state index contributed by atoms with van der Waals surface area (Å²) in [6.07, 6.45) is 2.14. The van der Waals surface area contributed by atoms with Gasteiger partial charge >= 0.3 is 0 Å². The van der Waals surface area contributed by atoms with Gasteiger partial charge in [-0.1, -0.05) is 22.9 Å². The van der Waals surface area contributed by atoms with Crippen molar-refractivity contribution in [1.29, 1.82) is 0 Å². The van der Waals surface area contributed by atoms with E-state index in [-0.39, 0.29) is 5.91 Å². The third-order valence-corrected chi connectivity index (χ3v) is 3.46. The van der Waals surface area contributed by atoms with Gasteiger partial charge in [0.1, 0.15) is 0 Å². The molecule has 4 heteroatoms. The van der Waals surface area contributed by atoms with Gasteiger partial charge in [0.05, 0.1) is 5.56 Å². The molecule has 3 nitrogen and oxygen atoms in total. The third kappa shape index (κ3) is 2.38.